The van der Waals surface area contributed by atoms with Gasteiger partial charge in [0, 0.05) is 12.1 Å². The van der Waals surface area contributed by atoms with Crippen LogP contribution in [0.3, 0.4) is 0 Å². The van der Waals surface area contributed by atoms with Crippen molar-refractivity contribution < 1.29 is 9.66 Å². The summed E-state index contributed by atoms with van der Waals surface area (Å²) in [5.74, 6) is 6.06. The molecule has 0 aliphatic carbocycles. The molecular weight excluding hydrogens is 452 g/mol. The number of nitrogens with one attached hydrogen (secondary N) is 3. The van der Waals surface area contributed by atoms with Gasteiger partial charge in [0.2, 0.25) is 0 Å². The molecule has 0 saturated carbocycles. The number of amidine groups is 1. The summed E-state index contributed by atoms with van der Waals surface area (Å²) in [7, 11) is 0. The minimum atomic E-state index is -1.69. The minimum absolute atomic E-state index is 0.0379. The van der Waals surface area contributed by atoms with Crippen LogP contribution in [0.15, 0.2) is 45.2 Å². The van der Waals surface area contributed by atoms with Crippen molar-refractivity contribution in [1.29, 1.82) is 0 Å². The molecule has 2 atom stereocenters. The van der Waals surface area contributed by atoms with Crippen molar-refractivity contribution in [2.45, 2.75) is 22.4 Å². The van der Waals surface area contributed by atoms with E-state index >= 15 is 0 Å². The summed E-state index contributed by atoms with van der Waals surface area (Å²) in [6, 6.07) is 9.09. The van der Waals surface area contributed by atoms with E-state index in [0.29, 0.717) is 26.7 Å². The first kappa shape index (κ1) is 24.2. The van der Waals surface area contributed by atoms with Crippen LogP contribution in [-0.4, -0.2) is 44.7 Å². The molecule has 1 heterocycles. The second-order valence-electron chi connectivity index (χ2n) is 6.69. The molecule has 32 heavy (non-hydrogen) atoms. The van der Waals surface area contributed by atoms with Gasteiger partial charge in [-0.1, -0.05) is 6.07 Å². The average Bonchev–Trinajstić information content (AvgIpc) is 3.23. The zero-order chi connectivity index (χ0) is 23.3. The van der Waals surface area contributed by atoms with Gasteiger partial charge in [-0.15, -0.1) is 9.82 Å². The van der Waals surface area contributed by atoms with Crippen LogP contribution in [0.1, 0.15) is 11.4 Å². The number of aliphatic hydroxyl groups excluding tert-OH is 1. The highest BCUT2D eigenvalue weighted by atomic mass is 32.2. The Morgan fingerprint density at radius 1 is 1.31 bits per heavy atom. The van der Waals surface area contributed by atoms with Crippen LogP contribution in [-0.2, 0) is 17.9 Å². The highest BCUT2D eigenvalue weighted by Gasteiger charge is 2.25. The highest BCUT2D eigenvalue weighted by molar-refractivity contribution is 7.98. The van der Waals surface area contributed by atoms with Crippen LogP contribution in [0, 0.1) is 0 Å². The van der Waals surface area contributed by atoms with Crippen LogP contribution in [0.5, 0.6) is 0 Å². The predicted molar refractivity (Wildman–Crippen MR) is 127 cm³/mol. The average molecular weight is 479 g/mol. The quantitative estimate of drug-likeness (QED) is 0.0413. The Morgan fingerprint density at radius 2 is 2.09 bits per heavy atom. The number of hydrazone groups is 1. The fourth-order valence-corrected chi connectivity index (χ4v) is 4.95. The van der Waals surface area contributed by atoms with E-state index in [-0.39, 0.29) is 25.5 Å². The molecule has 14 heteroatoms. The number of rotatable bonds is 10. The van der Waals surface area contributed by atoms with Gasteiger partial charge < -0.3 is 31.8 Å². The molecule has 1 aromatic heterocycles. The Balaban J connectivity index is 2.13. The maximum atomic E-state index is 12.9. The third-order valence-corrected chi connectivity index (χ3v) is 6.60. The number of nitrogens with two attached hydrogens (primary N) is 5. The molecule has 0 aliphatic heterocycles. The van der Waals surface area contributed by atoms with Crippen molar-refractivity contribution in [2.75, 3.05) is 13.1 Å². The molecule has 3 aromatic rings. The van der Waals surface area contributed by atoms with Crippen LogP contribution in [0.4, 0.5) is 0 Å². The lowest BCUT2D eigenvalue weighted by Gasteiger charge is -2.19. The first-order valence-corrected chi connectivity index (χ1v) is 11.5. The molecule has 12 nitrogen and oxygen atoms in total. The molecule has 0 saturated heterocycles. The van der Waals surface area contributed by atoms with Crippen LogP contribution < -0.4 is 38.4 Å². The standard InChI is InChI=1S/C18H26N10O2S2/c19-6-10(29)8-24-32(30)14-4-2-11(16(17(14)31-23)18(21)27-28-22)9-1-3-12-13(5-9)26-15(7-20)25-12/h1-5,10,24,28-29H,6-8,19-20,22-23H2,(H2,21,27)(H,25,26). The number of aliphatic hydroxyl groups is 1. The Morgan fingerprint density at radius 3 is 2.75 bits per heavy atom. The second-order valence-corrected chi connectivity index (χ2v) is 8.60. The van der Waals surface area contributed by atoms with E-state index < -0.39 is 17.5 Å². The molecule has 0 bridgehead atoms. The summed E-state index contributed by atoms with van der Waals surface area (Å²) in [4.78, 5) is 8.43. The van der Waals surface area contributed by atoms with E-state index in [0.717, 1.165) is 28.5 Å². The largest absolute Gasteiger partial charge is 0.593 e. The van der Waals surface area contributed by atoms with Gasteiger partial charge in [0.25, 0.3) is 0 Å². The number of benzene rings is 2. The van der Waals surface area contributed by atoms with Crippen LogP contribution in [0.2, 0.25) is 0 Å². The normalized spacial score (nSPS) is 14.0. The molecule has 2 aromatic carbocycles. The molecule has 0 spiro atoms. The zero-order valence-corrected chi connectivity index (χ0v) is 18.7. The second kappa shape index (κ2) is 11.0. The highest BCUT2D eigenvalue weighted by Crippen LogP contribution is 2.35. The van der Waals surface area contributed by atoms with Gasteiger partial charge >= 0.3 is 0 Å². The van der Waals surface area contributed by atoms with Crippen molar-refractivity contribution >= 4 is 40.2 Å². The van der Waals surface area contributed by atoms with Gasteiger partial charge in [-0.05, 0) is 47.3 Å². The monoisotopic (exact) mass is 478 g/mol. The number of aromatic nitrogens is 2. The van der Waals surface area contributed by atoms with Gasteiger partial charge in [0.05, 0.1) is 46.5 Å². The van der Waals surface area contributed by atoms with Crippen molar-refractivity contribution in [3.05, 3.63) is 41.7 Å². The van der Waals surface area contributed by atoms with E-state index in [2.05, 4.69) is 25.3 Å². The number of hydrazine groups is 1. The number of hydrogen-bond donors (Lipinski definition) is 9. The zero-order valence-electron chi connectivity index (χ0n) is 17.0. The van der Waals surface area contributed by atoms with Gasteiger partial charge in [0.1, 0.15) is 5.82 Å². The third-order valence-electron chi connectivity index (χ3n) is 4.64. The predicted octanol–water partition coefficient (Wildman–Crippen LogP) is -1.33. The first-order chi connectivity index (χ1) is 15.4. The number of nitrogens with zero attached hydrogens (tertiary/aromatic N) is 2. The van der Waals surface area contributed by atoms with Crippen molar-refractivity contribution in [3.8, 4) is 11.1 Å². The van der Waals surface area contributed by atoms with Gasteiger partial charge in [-0.2, -0.15) is 0 Å². The summed E-state index contributed by atoms with van der Waals surface area (Å²) in [5, 5.41) is 19.5. The van der Waals surface area contributed by atoms with E-state index in [1.54, 1.807) is 12.1 Å². The summed E-state index contributed by atoms with van der Waals surface area (Å²) in [6.45, 7) is 0.371. The molecule has 2 unspecified atom stereocenters. The van der Waals surface area contributed by atoms with Crippen LogP contribution >= 0.6 is 11.9 Å². The third kappa shape index (κ3) is 5.15. The maximum absolute atomic E-state index is 12.9. The smallest absolute Gasteiger partial charge is 0.189 e. The SMILES string of the molecule is NCc1nc2cc(-c3ccc([S+]([O-])NCC(O)CN)c(SN)c3/C(N)=N/NN)ccc2[nH]1. The van der Waals surface area contributed by atoms with E-state index in [1.807, 2.05) is 18.2 Å². The molecule has 0 radical (unpaired) electrons. The number of H-pyrrole nitrogens is 1. The Labute approximate surface area is 191 Å². The van der Waals surface area contributed by atoms with Crippen LogP contribution in [0.25, 0.3) is 22.2 Å². The van der Waals surface area contributed by atoms with Crippen molar-refractivity contribution in [3.63, 3.8) is 0 Å². The molecule has 3 rings (SSSR count). The summed E-state index contributed by atoms with van der Waals surface area (Å²) < 4.78 is 15.6. The van der Waals surface area contributed by atoms with Crippen molar-refractivity contribution in [1.82, 2.24) is 20.2 Å². The fourth-order valence-electron chi connectivity index (χ4n) is 3.10. The molecule has 0 fully saturated rings. The minimum Gasteiger partial charge on any atom is -0.593 e. The number of aromatic amines is 1. The molecule has 0 amide bonds. The van der Waals surface area contributed by atoms with E-state index in [4.69, 9.17) is 28.2 Å². The van der Waals surface area contributed by atoms with E-state index in [1.165, 1.54) is 0 Å². The Bertz CT molecular complexity index is 1110. The van der Waals surface area contributed by atoms with E-state index in [9.17, 15) is 9.66 Å². The summed E-state index contributed by atoms with van der Waals surface area (Å²) in [6.07, 6.45) is -0.835. The van der Waals surface area contributed by atoms with Gasteiger partial charge in [0.15, 0.2) is 10.7 Å². The number of hydrogen-bond acceptors (Lipinski definition) is 11. The molecule has 14 N–H and O–H groups in total. The summed E-state index contributed by atoms with van der Waals surface area (Å²) >= 11 is -0.816. The lowest BCUT2D eigenvalue weighted by atomic mass is 9.98. The molecule has 172 valence electrons. The summed E-state index contributed by atoms with van der Waals surface area (Å²) in [5.41, 5.74) is 23.0. The number of fused-ring (bicyclic) bond motifs is 1. The maximum Gasteiger partial charge on any atom is 0.189 e. The topological polar surface area (TPSA) is 238 Å². The van der Waals surface area contributed by atoms with Gasteiger partial charge in [-0.25, -0.2) is 16.4 Å². The van der Waals surface area contributed by atoms with Crippen molar-refractivity contribution in [2.24, 2.45) is 33.3 Å². The lowest BCUT2D eigenvalue weighted by Crippen LogP contribution is -2.36. The lowest BCUT2D eigenvalue weighted by molar-refractivity contribution is 0.186. The number of imidazole rings is 1. The van der Waals surface area contributed by atoms with Gasteiger partial charge in [-0.3, -0.25) is 5.14 Å². The fraction of sp³-hybridized carbons (Fsp3) is 0.222. The Kier molecular flexibility index (Phi) is 8.30. The first-order valence-electron chi connectivity index (χ1n) is 9.48. The Hall–Kier alpha value is -2.40. The molecular formula is C18H26N10O2S2. The molecule has 0 aliphatic rings.